The van der Waals surface area contributed by atoms with E-state index in [1.165, 1.54) is 11.3 Å². The lowest BCUT2D eigenvalue weighted by Crippen LogP contribution is -3.20. The van der Waals surface area contributed by atoms with Crippen molar-refractivity contribution in [1.29, 1.82) is 0 Å². The van der Waals surface area contributed by atoms with Crippen LogP contribution in [0.1, 0.15) is 20.3 Å². The van der Waals surface area contributed by atoms with Gasteiger partial charge in [-0.15, -0.1) is 0 Å². The molecule has 1 heterocycles. The van der Waals surface area contributed by atoms with E-state index < -0.39 is 0 Å². The standard InChI is InChI=1S/C6H13N/c1-5-4-6(2)7(5)3/h5-7H,3-4H2,1-2H3/t5-,6-/m0/s1. The predicted octanol–water partition coefficient (Wildman–Crippen LogP) is -0.156. The zero-order valence-electron chi connectivity index (χ0n) is 5.07. The average Bonchev–Trinajstić information content (AvgIpc) is 1.68. The van der Waals surface area contributed by atoms with Gasteiger partial charge in [0, 0.05) is 6.42 Å². The second-order valence-corrected chi connectivity index (χ2v) is 2.61. The van der Waals surface area contributed by atoms with Crippen molar-refractivity contribution in [2.45, 2.75) is 32.4 Å². The summed E-state index contributed by atoms with van der Waals surface area (Å²) in [6.07, 6.45) is 1.36. The molecule has 0 aromatic heterocycles. The first-order chi connectivity index (χ1) is 3.22. The molecule has 1 fully saturated rings. The number of hydrogen-bond acceptors (Lipinski definition) is 0. The van der Waals surface area contributed by atoms with Crippen molar-refractivity contribution in [2.75, 3.05) is 0 Å². The normalized spacial score (nSPS) is 43.3. The Morgan fingerprint density at radius 3 is 1.86 bits per heavy atom. The summed E-state index contributed by atoms with van der Waals surface area (Å²) >= 11 is 0. The summed E-state index contributed by atoms with van der Waals surface area (Å²) in [6, 6.07) is 1.63. The zero-order chi connectivity index (χ0) is 5.44. The molecule has 0 radical (unpaired) electrons. The molecule has 0 bridgehead atoms. The van der Waals surface area contributed by atoms with Crippen molar-refractivity contribution >= 4 is 0 Å². The molecular weight excluding hydrogens is 86.1 g/mol. The van der Waals surface area contributed by atoms with Crippen molar-refractivity contribution in [3.05, 3.63) is 7.05 Å². The summed E-state index contributed by atoms with van der Waals surface area (Å²) in [5, 5.41) is 0. The largest absolute Gasteiger partial charge is 0.463 e. The summed E-state index contributed by atoms with van der Waals surface area (Å²) in [4.78, 5) is 1.44. The van der Waals surface area contributed by atoms with Crippen LogP contribution in [0.3, 0.4) is 0 Å². The van der Waals surface area contributed by atoms with E-state index in [-0.39, 0.29) is 0 Å². The van der Waals surface area contributed by atoms with Crippen molar-refractivity contribution in [2.24, 2.45) is 0 Å². The van der Waals surface area contributed by atoms with E-state index >= 15 is 0 Å². The van der Waals surface area contributed by atoms with Crippen LogP contribution in [-0.4, -0.2) is 12.1 Å². The smallest absolute Gasteiger partial charge is 0.0664 e. The minimum Gasteiger partial charge on any atom is -0.463 e. The van der Waals surface area contributed by atoms with Crippen LogP contribution < -0.4 is 4.90 Å². The van der Waals surface area contributed by atoms with Crippen LogP contribution in [0.4, 0.5) is 0 Å². The third-order valence-corrected chi connectivity index (χ3v) is 1.97. The van der Waals surface area contributed by atoms with Crippen molar-refractivity contribution in [3.8, 4) is 0 Å². The molecule has 7 heavy (non-hydrogen) atoms. The Morgan fingerprint density at radius 2 is 1.86 bits per heavy atom. The molecule has 1 N–H and O–H groups in total. The molecule has 1 aliphatic heterocycles. The molecule has 1 aliphatic rings. The third-order valence-electron chi connectivity index (χ3n) is 1.97. The van der Waals surface area contributed by atoms with E-state index in [0.29, 0.717) is 0 Å². The Bertz CT molecular complexity index is 62.6. The molecule has 1 nitrogen and oxygen atoms in total. The molecule has 1 rings (SSSR count). The molecule has 0 spiro atoms. The first-order valence-corrected chi connectivity index (χ1v) is 2.90. The van der Waals surface area contributed by atoms with Gasteiger partial charge < -0.3 is 4.90 Å². The Hall–Kier alpha value is -0.0400. The molecule has 1 heteroatoms. The maximum absolute atomic E-state index is 3.92. The monoisotopic (exact) mass is 99.1 g/mol. The van der Waals surface area contributed by atoms with Crippen LogP contribution in [0, 0.1) is 7.05 Å². The summed E-state index contributed by atoms with van der Waals surface area (Å²) in [6.45, 7) is 4.48. The second kappa shape index (κ2) is 1.48. The predicted molar refractivity (Wildman–Crippen MR) is 29.9 cm³/mol. The fourth-order valence-electron chi connectivity index (χ4n) is 1.16. The molecule has 0 amide bonds. The van der Waals surface area contributed by atoms with E-state index in [0.717, 1.165) is 12.1 Å². The minimum absolute atomic E-state index is 0.815. The number of rotatable bonds is 0. The number of likely N-dealkylation sites (tertiary alicyclic amines) is 1. The maximum Gasteiger partial charge on any atom is 0.0664 e. The summed E-state index contributed by atoms with van der Waals surface area (Å²) < 4.78 is 0. The van der Waals surface area contributed by atoms with Crippen LogP contribution in [0.2, 0.25) is 0 Å². The Kier molecular flexibility index (Phi) is 1.08. The molecule has 0 saturated carbocycles. The van der Waals surface area contributed by atoms with Crippen LogP contribution in [0.15, 0.2) is 0 Å². The Labute approximate surface area is 45.3 Å². The van der Waals surface area contributed by atoms with E-state index in [9.17, 15) is 0 Å². The zero-order valence-corrected chi connectivity index (χ0v) is 5.07. The van der Waals surface area contributed by atoms with Gasteiger partial charge in [0.2, 0.25) is 0 Å². The molecular formula is C6H13N. The molecule has 0 aliphatic carbocycles. The number of nitrogens with one attached hydrogen (secondary N) is 1. The average molecular weight is 99.2 g/mol. The summed E-state index contributed by atoms with van der Waals surface area (Å²) in [5.74, 6) is 0. The molecule has 2 atom stereocenters. The second-order valence-electron chi connectivity index (χ2n) is 2.61. The lowest BCUT2D eigenvalue weighted by molar-refractivity contribution is -0.949. The maximum atomic E-state index is 3.92. The molecule has 1 saturated heterocycles. The van der Waals surface area contributed by atoms with Crippen molar-refractivity contribution in [3.63, 3.8) is 0 Å². The van der Waals surface area contributed by atoms with E-state index in [1.807, 2.05) is 0 Å². The highest BCUT2D eigenvalue weighted by atomic mass is 15.2. The highest BCUT2D eigenvalue weighted by Gasteiger charge is 2.27. The minimum atomic E-state index is 0.815. The molecule has 0 unspecified atom stereocenters. The highest BCUT2D eigenvalue weighted by Crippen LogP contribution is 2.00. The van der Waals surface area contributed by atoms with Gasteiger partial charge in [0.15, 0.2) is 0 Å². The number of hydrogen-bond donors (Lipinski definition) is 1. The van der Waals surface area contributed by atoms with Crippen LogP contribution in [-0.2, 0) is 0 Å². The van der Waals surface area contributed by atoms with Crippen LogP contribution in [0.25, 0.3) is 0 Å². The van der Waals surface area contributed by atoms with Gasteiger partial charge in [-0.2, -0.15) is 7.05 Å². The third kappa shape index (κ3) is 0.653. The van der Waals surface area contributed by atoms with Crippen LogP contribution >= 0.6 is 0 Å². The van der Waals surface area contributed by atoms with Gasteiger partial charge in [-0.1, -0.05) is 0 Å². The Balaban J connectivity index is 2.29. The molecule has 0 aromatic rings. The van der Waals surface area contributed by atoms with Gasteiger partial charge in [-0.25, -0.2) is 0 Å². The quantitative estimate of drug-likeness (QED) is 0.403. The fraction of sp³-hybridized carbons (Fsp3) is 0.833. The van der Waals surface area contributed by atoms with Crippen molar-refractivity contribution < 1.29 is 4.90 Å². The molecule has 42 valence electrons. The first-order valence-electron chi connectivity index (χ1n) is 2.90. The van der Waals surface area contributed by atoms with E-state index in [4.69, 9.17) is 0 Å². The van der Waals surface area contributed by atoms with Gasteiger partial charge in [0.25, 0.3) is 0 Å². The summed E-state index contributed by atoms with van der Waals surface area (Å²) in [7, 11) is 3.92. The van der Waals surface area contributed by atoms with E-state index in [1.54, 1.807) is 0 Å². The van der Waals surface area contributed by atoms with Gasteiger partial charge in [-0.05, 0) is 13.8 Å². The van der Waals surface area contributed by atoms with Gasteiger partial charge in [0.05, 0.1) is 12.1 Å². The van der Waals surface area contributed by atoms with E-state index in [2.05, 4.69) is 20.9 Å². The number of quaternary nitrogens is 1. The Morgan fingerprint density at radius 1 is 1.43 bits per heavy atom. The van der Waals surface area contributed by atoms with Gasteiger partial charge in [0.1, 0.15) is 0 Å². The SMILES string of the molecule is [CH2-][NH+]1[C@@H](C)C[C@@H]1C. The summed E-state index contributed by atoms with van der Waals surface area (Å²) in [5.41, 5.74) is 0. The fourth-order valence-corrected chi connectivity index (χ4v) is 1.16. The van der Waals surface area contributed by atoms with Crippen LogP contribution in [0.5, 0.6) is 0 Å². The lowest BCUT2D eigenvalue weighted by Gasteiger charge is -2.44. The highest BCUT2D eigenvalue weighted by molar-refractivity contribution is 4.65. The topological polar surface area (TPSA) is 4.44 Å². The van der Waals surface area contributed by atoms with Gasteiger partial charge in [-0.3, -0.25) is 0 Å². The first kappa shape index (κ1) is 5.10. The lowest BCUT2D eigenvalue weighted by atomic mass is 9.98. The van der Waals surface area contributed by atoms with Gasteiger partial charge >= 0.3 is 0 Å². The van der Waals surface area contributed by atoms with Crippen molar-refractivity contribution in [1.82, 2.24) is 0 Å². The molecule has 0 aromatic carbocycles.